The van der Waals surface area contributed by atoms with Crippen LogP contribution in [-0.2, 0) is 22.2 Å². The Morgan fingerprint density at radius 2 is 0.914 bits per heavy atom. The topological polar surface area (TPSA) is 99.4 Å². The Morgan fingerprint density at radius 1 is 0.517 bits per heavy atom. The van der Waals surface area contributed by atoms with Crippen molar-refractivity contribution in [2.75, 3.05) is 13.2 Å². The van der Waals surface area contributed by atoms with Crippen LogP contribution in [0.2, 0.25) is 0 Å². The molecule has 0 bridgehead atoms. The van der Waals surface area contributed by atoms with E-state index in [1.165, 1.54) is 17.7 Å². The smallest absolute Gasteiger partial charge is 0.494 e. The Hall–Kier alpha value is -4.84. The summed E-state index contributed by atoms with van der Waals surface area (Å²) in [6.45, 7) is 8.48. The normalized spacial score (nSPS) is 13.9. The van der Waals surface area contributed by atoms with Gasteiger partial charge in [0.1, 0.15) is 23.1 Å². The average Bonchev–Trinajstić information content (AvgIpc) is 3.44. The summed E-state index contributed by atoms with van der Waals surface area (Å²) in [5, 5.41) is 36.2. The predicted octanol–water partition coefficient (Wildman–Crippen LogP) is 10.7. The van der Waals surface area contributed by atoms with Crippen LogP contribution in [0.3, 0.4) is 0 Å². The van der Waals surface area contributed by atoms with E-state index in [2.05, 4.69) is 15.9 Å². The van der Waals surface area contributed by atoms with Gasteiger partial charge in [0.2, 0.25) is 0 Å². The molecule has 0 amide bonds. The number of phenols is 2. The second-order valence-corrected chi connectivity index (χ2v) is 16.0. The Kier molecular flexibility index (Phi) is 15.4. The summed E-state index contributed by atoms with van der Waals surface area (Å²) in [6, 6.07) is 39.7. The summed E-state index contributed by atoms with van der Waals surface area (Å²) >= 11 is 3.14. The van der Waals surface area contributed by atoms with Crippen molar-refractivity contribution in [3.63, 3.8) is 0 Å². The van der Waals surface area contributed by atoms with Gasteiger partial charge in [-0.2, -0.15) is 0 Å². The van der Waals surface area contributed by atoms with E-state index in [-0.39, 0.29) is 54.7 Å². The van der Waals surface area contributed by atoms with Crippen LogP contribution in [0.5, 0.6) is 11.5 Å². The average molecular weight is 852 g/mol. The molecule has 10 heteroatoms. The van der Waals surface area contributed by atoms with Gasteiger partial charge in [0.05, 0.1) is 15.7 Å². The van der Waals surface area contributed by atoms with Gasteiger partial charge in [0, 0.05) is 18.8 Å². The molecule has 58 heavy (non-hydrogen) atoms. The van der Waals surface area contributed by atoms with E-state index >= 15 is 0 Å². The maximum atomic E-state index is 14.5. The van der Waals surface area contributed by atoms with E-state index in [0.717, 1.165) is 64.5 Å². The van der Waals surface area contributed by atoms with Crippen LogP contribution < -0.4 is 5.46 Å². The Bertz CT molecular complexity index is 2200. The first-order chi connectivity index (χ1) is 27.7. The third-order valence-corrected chi connectivity index (χ3v) is 11.0. The molecule has 0 unspecified atom stereocenters. The number of hydrogen-bond donors (Lipinski definition) is 4. The standard InChI is InChI=1S/C21H19FO2.C15H14BrFO.C12H17BO3/c22-21-14-18(16-5-3-15(4-6-16)2-1-13-23)9-12-20(21)17-7-10-19(24)11-8-17;16-14-8-7-13(10-15(14)17)12-5-3-11(4-6-12)2-1-9-18;1-11(2)12(3,4)16-13(15-11)9-5-7-10(14)8-6-9/h3-12,14,23-24H,1-2,13H2;3-8,10,18H,1-2,9H2;5-8,14H,1-4H3. The van der Waals surface area contributed by atoms with Crippen molar-refractivity contribution in [2.45, 2.75) is 64.6 Å². The largest absolute Gasteiger partial charge is 0.508 e. The highest BCUT2D eigenvalue weighted by Gasteiger charge is 2.51. The monoisotopic (exact) mass is 850 g/mol. The van der Waals surface area contributed by atoms with E-state index in [1.54, 1.807) is 48.5 Å². The van der Waals surface area contributed by atoms with Crippen molar-refractivity contribution in [1.82, 2.24) is 0 Å². The Labute approximate surface area is 349 Å². The number of aryl methyl sites for hydroxylation is 2. The molecule has 6 aromatic rings. The van der Waals surface area contributed by atoms with Crippen LogP contribution in [0, 0.1) is 11.6 Å². The molecule has 4 N–H and O–H groups in total. The fraction of sp³-hybridized carbons (Fsp3) is 0.250. The lowest BCUT2D eigenvalue weighted by Gasteiger charge is -2.32. The summed E-state index contributed by atoms with van der Waals surface area (Å²) in [5.41, 5.74) is 7.51. The van der Waals surface area contributed by atoms with Gasteiger partial charge in [-0.3, -0.25) is 0 Å². The fourth-order valence-corrected chi connectivity index (χ4v) is 6.40. The summed E-state index contributed by atoms with van der Waals surface area (Å²) in [7, 11) is -0.356. The molecule has 1 saturated heterocycles. The van der Waals surface area contributed by atoms with Gasteiger partial charge in [-0.05, 0) is 156 Å². The van der Waals surface area contributed by atoms with Crippen molar-refractivity contribution in [1.29, 1.82) is 0 Å². The number of aromatic hydroxyl groups is 2. The first kappa shape index (κ1) is 44.3. The minimum atomic E-state index is -0.356. The minimum absolute atomic E-state index is 0.164. The van der Waals surface area contributed by atoms with Crippen LogP contribution in [0.15, 0.2) is 138 Å². The number of hydrogen-bond acceptors (Lipinski definition) is 6. The molecule has 0 saturated carbocycles. The molecule has 0 aromatic heterocycles. The molecule has 6 nitrogen and oxygen atoms in total. The molecule has 7 rings (SSSR count). The molecule has 302 valence electrons. The van der Waals surface area contributed by atoms with Crippen molar-refractivity contribution < 1.29 is 38.5 Å². The molecular weight excluding hydrogens is 801 g/mol. The van der Waals surface area contributed by atoms with Crippen molar-refractivity contribution >= 4 is 28.5 Å². The van der Waals surface area contributed by atoms with E-state index in [4.69, 9.17) is 19.5 Å². The molecule has 0 atom stereocenters. The van der Waals surface area contributed by atoms with Crippen molar-refractivity contribution in [3.8, 4) is 44.9 Å². The molecule has 6 aromatic carbocycles. The van der Waals surface area contributed by atoms with E-state index < -0.39 is 0 Å². The highest BCUT2D eigenvalue weighted by Crippen LogP contribution is 2.36. The lowest BCUT2D eigenvalue weighted by molar-refractivity contribution is 0.00578. The number of halogens is 3. The zero-order chi connectivity index (χ0) is 41.9. The molecule has 1 heterocycles. The molecule has 0 aliphatic carbocycles. The van der Waals surface area contributed by atoms with Gasteiger partial charge in [-0.15, -0.1) is 0 Å². The first-order valence-corrected chi connectivity index (χ1v) is 20.1. The zero-order valence-corrected chi connectivity index (χ0v) is 34.8. The zero-order valence-electron chi connectivity index (χ0n) is 33.3. The molecule has 1 fully saturated rings. The highest BCUT2D eigenvalue weighted by molar-refractivity contribution is 9.10. The quantitative estimate of drug-likeness (QED) is 0.103. The highest BCUT2D eigenvalue weighted by atomic mass is 79.9. The van der Waals surface area contributed by atoms with E-state index in [9.17, 15) is 19.0 Å². The van der Waals surface area contributed by atoms with Gasteiger partial charge in [0.25, 0.3) is 0 Å². The summed E-state index contributed by atoms with van der Waals surface area (Å²) in [6.07, 6.45) is 3.22. The maximum Gasteiger partial charge on any atom is 0.494 e. The van der Waals surface area contributed by atoms with E-state index in [1.807, 2.05) is 100 Å². The SMILES string of the molecule is CC1(C)OB(c2ccc(O)cc2)OC1(C)C.OCCCc1ccc(-c2ccc(-c3ccc(O)cc3)c(F)c2)cc1.OCCCc1ccc(-c2ccc(Br)c(F)c2)cc1. The maximum absolute atomic E-state index is 14.5. The van der Waals surface area contributed by atoms with Crippen molar-refractivity contribution in [2.24, 2.45) is 0 Å². The molecule has 1 aliphatic heterocycles. The molecule has 0 radical (unpaired) electrons. The second-order valence-electron chi connectivity index (χ2n) is 15.1. The predicted molar refractivity (Wildman–Crippen MR) is 233 cm³/mol. The summed E-state index contributed by atoms with van der Waals surface area (Å²) < 4.78 is 40.2. The van der Waals surface area contributed by atoms with Gasteiger partial charge in [0.15, 0.2) is 0 Å². The Balaban J connectivity index is 0.000000170. The number of aliphatic hydroxyl groups is 2. The lowest BCUT2D eigenvalue weighted by atomic mass is 9.79. The minimum Gasteiger partial charge on any atom is -0.508 e. The first-order valence-electron chi connectivity index (χ1n) is 19.3. The van der Waals surface area contributed by atoms with Crippen LogP contribution in [0.25, 0.3) is 33.4 Å². The lowest BCUT2D eigenvalue weighted by Crippen LogP contribution is -2.41. The third kappa shape index (κ3) is 11.9. The van der Waals surface area contributed by atoms with Crippen LogP contribution in [-0.4, -0.2) is 52.0 Å². The van der Waals surface area contributed by atoms with Crippen LogP contribution in [0.1, 0.15) is 51.7 Å². The van der Waals surface area contributed by atoms with Crippen molar-refractivity contribution in [3.05, 3.63) is 161 Å². The Morgan fingerprint density at radius 3 is 1.34 bits per heavy atom. The van der Waals surface area contributed by atoms with Gasteiger partial charge < -0.3 is 29.7 Å². The van der Waals surface area contributed by atoms with E-state index in [0.29, 0.717) is 10.0 Å². The van der Waals surface area contributed by atoms with Gasteiger partial charge in [-0.25, -0.2) is 8.78 Å². The number of benzene rings is 6. The number of phenolic OH excluding ortho intramolecular Hbond substituents is 2. The molecular formula is C48H50BBrF2O6. The second kappa shape index (κ2) is 20.2. The fourth-order valence-electron chi connectivity index (χ4n) is 6.15. The number of aliphatic hydroxyl groups excluding tert-OH is 2. The molecule has 0 spiro atoms. The summed E-state index contributed by atoms with van der Waals surface area (Å²) in [4.78, 5) is 0. The molecule has 1 aliphatic rings. The van der Waals surface area contributed by atoms with Gasteiger partial charge in [-0.1, -0.05) is 91.0 Å². The number of rotatable bonds is 10. The van der Waals surface area contributed by atoms with Crippen LogP contribution in [0.4, 0.5) is 8.78 Å². The third-order valence-electron chi connectivity index (χ3n) is 10.3. The summed E-state index contributed by atoms with van der Waals surface area (Å²) in [5.74, 6) is -0.128. The van der Waals surface area contributed by atoms with Gasteiger partial charge >= 0.3 is 7.12 Å². The van der Waals surface area contributed by atoms with Crippen LogP contribution >= 0.6 is 15.9 Å².